The van der Waals surface area contributed by atoms with E-state index in [1.807, 2.05) is 0 Å². The lowest BCUT2D eigenvalue weighted by molar-refractivity contribution is -0.143. The van der Waals surface area contributed by atoms with E-state index in [0.717, 1.165) is 19.0 Å². The third-order valence-electron chi connectivity index (χ3n) is 5.11. The molecule has 0 aromatic heterocycles. The fourth-order valence-corrected chi connectivity index (χ4v) is 4.07. The first-order chi connectivity index (χ1) is 10.2. The van der Waals surface area contributed by atoms with E-state index >= 15 is 0 Å². The van der Waals surface area contributed by atoms with Gasteiger partial charge in [0.15, 0.2) is 0 Å². The van der Waals surface area contributed by atoms with Crippen LogP contribution in [0.4, 0.5) is 0 Å². The Bertz CT molecular complexity index is 451. The van der Waals surface area contributed by atoms with Crippen molar-refractivity contribution in [2.24, 2.45) is 5.92 Å². The summed E-state index contributed by atoms with van der Waals surface area (Å²) in [5, 5.41) is 3.63. The molecule has 116 valence electrons. The summed E-state index contributed by atoms with van der Waals surface area (Å²) in [6.45, 7) is 6.58. The lowest BCUT2D eigenvalue weighted by Gasteiger charge is -2.46. The molecule has 1 N–H and O–H groups in total. The molecule has 2 nitrogen and oxygen atoms in total. The van der Waals surface area contributed by atoms with Crippen LogP contribution in [0.3, 0.4) is 0 Å². The van der Waals surface area contributed by atoms with Crippen molar-refractivity contribution in [3.63, 3.8) is 0 Å². The quantitative estimate of drug-likeness (QED) is 0.897. The van der Waals surface area contributed by atoms with Crippen LogP contribution in [0, 0.1) is 5.92 Å². The third-order valence-corrected chi connectivity index (χ3v) is 5.11. The molecule has 0 bridgehead atoms. The van der Waals surface area contributed by atoms with Crippen molar-refractivity contribution in [3.8, 4) is 0 Å². The van der Waals surface area contributed by atoms with Gasteiger partial charge in [-0.2, -0.15) is 0 Å². The predicted octanol–water partition coefficient (Wildman–Crippen LogP) is 4.25. The molecule has 1 aromatic rings. The van der Waals surface area contributed by atoms with Gasteiger partial charge < -0.3 is 10.1 Å². The summed E-state index contributed by atoms with van der Waals surface area (Å²) >= 11 is 0. The van der Waals surface area contributed by atoms with E-state index in [-0.39, 0.29) is 11.7 Å². The van der Waals surface area contributed by atoms with Crippen molar-refractivity contribution >= 4 is 0 Å². The van der Waals surface area contributed by atoms with E-state index < -0.39 is 0 Å². The van der Waals surface area contributed by atoms with Crippen LogP contribution >= 0.6 is 0 Å². The Morgan fingerprint density at radius 3 is 2.81 bits per heavy atom. The molecule has 2 heteroatoms. The normalized spacial score (nSPS) is 33.2. The first kappa shape index (κ1) is 15.1. The van der Waals surface area contributed by atoms with E-state index in [0.29, 0.717) is 0 Å². The summed E-state index contributed by atoms with van der Waals surface area (Å²) in [6, 6.07) is 9.07. The number of benzene rings is 1. The van der Waals surface area contributed by atoms with Gasteiger partial charge in [0.25, 0.3) is 0 Å². The minimum absolute atomic E-state index is 0.0860. The summed E-state index contributed by atoms with van der Waals surface area (Å²) in [7, 11) is 0. The molecule has 2 aliphatic rings. The van der Waals surface area contributed by atoms with Crippen molar-refractivity contribution in [3.05, 3.63) is 35.4 Å². The van der Waals surface area contributed by atoms with Gasteiger partial charge in [0, 0.05) is 13.1 Å². The van der Waals surface area contributed by atoms with Crippen molar-refractivity contribution < 1.29 is 4.74 Å². The van der Waals surface area contributed by atoms with Crippen LogP contribution in [-0.2, 0) is 11.2 Å². The molecule has 21 heavy (non-hydrogen) atoms. The predicted molar refractivity (Wildman–Crippen MR) is 87.5 cm³/mol. The summed E-state index contributed by atoms with van der Waals surface area (Å²) in [5.74, 6) is 0.797. The fraction of sp³-hybridized carbons (Fsp3) is 0.684. The van der Waals surface area contributed by atoms with Gasteiger partial charge in [0.2, 0.25) is 0 Å². The number of ether oxygens (including phenoxy) is 1. The Balaban J connectivity index is 1.70. The van der Waals surface area contributed by atoms with Gasteiger partial charge in [-0.3, -0.25) is 0 Å². The third kappa shape index (κ3) is 3.49. The fourth-order valence-electron chi connectivity index (χ4n) is 4.07. The van der Waals surface area contributed by atoms with Gasteiger partial charge in [-0.25, -0.2) is 0 Å². The molecule has 2 fully saturated rings. The number of hydrogen-bond donors (Lipinski definition) is 1. The summed E-state index contributed by atoms with van der Waals surface area (Å²) in [4.78, 5) is 0. The van der Waals surface area contributed by atoms with Crippen LogP contribution in [0.2, 0.25) is 0 Å². The molecule has 3 rings (SSSR count). The van der Waals surface area contributed by atoms with E-state index in [1.165, 1.54) is 49.7 Å². The smallest absolute Gasteiger partial charge is 0.0957 e. The maximum absolute atomic E-state index is 6.61. The number of nitrogens with one attached hydrogen (secondary N) is 1. The zero-order chi connectivity index (χ0) is 14.7. The average molecular weight is 287 g/mol. The van der Waals surface area contributed by atoms with Gasteiger partial charge in [-0.15, -0.1) is 0 Å². The molecule has 1 aliphatic heterocycles. The van der Waals surface area contributed by atoms with Crippen LogP contribution < -0.4 is 5.32 Å². The second-order valence-corrected chi connectivity index (χ2v) is 7.11. The molecule has 1 saturated carbocycles. The Labute approximate surface area is 129 Å². The van der Waals surface area contributed by atoms with Gasteiger partial charge in [0.05, 0.1) is 11.7 Å². The maximum Gasteiger partial charge on any atom is 0.0957 e. The minimum atomic E-state index is 0.0860. The van der Waals surface area contributed by atoms with E-state index in [4.69, 9.17) is 4.74 Å². The van der Waals surface area contributed by atoms with Crippen LogP contribution in [0.5, 0.6) is 0 Å². The highest BCUT2D eigenvalue weighted by Crippen LogP contribution is 2.40. The minimum Gasteiger partial charge on any atom is -0.364 e. The van der Waals surface area contributed by atoms with Gasteiger partial charge in [-0.05, 0) is 36.3 Å². The molecule has 1 aromatic carbocycles. The Morgan fingerprint density at radius 1 is 1.29 bits per heavy atom. The van der Waals surface area contributed by atoms with Gasteiger partial charge in [0.1, 0.15) is 0 Å². The number of hydrogen-bond acceptors (Lipinski definition) is 2. The number of aryl methyl sites for hydroxylation is 1. The zero-order valence-corrected chi connectivity index (χ0v) is 13.5. The molecule has 1 heterocycles. The van der Waals surface area contributed by atoms with Gasteiger partial charge >= 0.3 is 0 Å². The molecule has 3 atom stereocenters. The molecular weight excluding hydrogens is 258 g/mol. The molecule has 0 amide bonds. The lowest BCUT2D eigenvalue weighted by Crippen LogP contribution is -2.52. The molecule has 1 saturated heterocycles. The lowest BCUT2D eigenvalue weighted by atomic mass is 9.77. The Kier molecular flexibility index (Phi) is 4.66. The zero-order valence-electron chi connectivity index (χ0n) is 13.5. The van der Waals surface area contributed by atoms with Crippen LogP contribution in [0.15, 0.2) is 24.3 Å². The van der Waals surface area contributed by atoms with Gasteiger partial charge in [-0.1, -0.05) is 57.4 Å². The number of rotatable bonds is 3. The Morgan fingerprint density at radius 2 is 2.10 bits per heavy atom. The standard InChI is InChI=1S/C19H29NO/c1-3-5-16-7-9-17(10-8-16)18-13-20-14-19(21-18)11-4-6-15(2)12-19/h7-10,15,18,20H,3-6,11-14H2,1-2H3. The van der Waals surface area contributed by atoms with Crippen LogP contribution in [0.25, 0.3) is 0 Å². The molecule has 3 unspecified atom stereocenters. The van der Waals surface area contributed by atoms with Crippen LogP contribution in [0.1, 0.15) is 63.2 Å². The van der Waals surface area contributed by atoms with Crippen LogP contribution in [-0.4, -0.2) is 18.7 Å². The molecule has 1 spiro atoms. The largest absolute Gasteiger partial charge is 0.364 e. The van der Waals surface area contributed by atoms with Crippen molar-refractivity contribution in [1.82, 2.24) is 5.32 Å². The SMILES string of the molecule is CCCc1ccc(C2CNCC3(CCCC(C)C3)O2)cc1. The molecule has 1 aliphatic carbocycles. The van der Waals surface area contributed by atoms with E-state index in [9.17, 15) is 0 Å². The topological polar surface area (TPSA) is 21.3 Å². The molecular formula is C19H29NO. The first-order valence-corrected chi connectivity index (χ1v) is 8.68. The highest BCUT2D eigenvalue weighted by Gasteiger charge is 2.40. The van der Waals surface area contributed by atoms with Crippen molar-refractivity contribution in [1.29, 1.82) is 0 Å². The van der Waals surface area contributed by atoms with Crippen molar-refractivity contribution in [2.75, 3.05) is 13.1 Å². The average Bonchev–Trinajstić information content (AvgIpc) is 2.48. The maximum atomic E-state index is 6.61. The monoisotopic (exact) mass is 287 g/mol. The van der Waals surface area contributed by atoms with Crippen molar-refractivity contribution in [2.45, 2.75) is 64.1 Å². The molecule has 0 radical (unpaired) electrons. The second-order valence-electron chi connectivity index (χ2n) is 7.11. The first-order valence-electron chi connectivity index (χ1n) is 8.68. The summed E-state index contributed by atoms with van der Waals surface area (Å²) in [6.07, 6.45) is 7.71. The van der Waals surface area contributed by atoms with E-state index in [2.05, 4.69) is 43.4 Å². The Hall–Kier alpha value is -0.860. The number of morpholine rings is 1. The second kappa shape index (κ2) is 6.50. The highest BCUT2D eigenvalue weighted by molar-refractivity contribution is 5.25. The summed E-state index contributed by atoms with van der Waals surface area (Å²) in [5.41, 5.74) is 2.86. The highest BCUT2D eigenvalue weighted by atomic mass is 16.5. The summed E-state index contributed by atoms with van der Waals surface area (Å²) < 4.78 is 6.61. The van der Waals surface area contributed by atoms with E-state index in [1.54, 1.807) is 0 Å².